The summed E-state index contributed by atoms with van der Waals surface area (Å²) in [6.07, 6.45) is 4.38. The van der Waals surface area contributed by atoms with Crippen LogP contribution in [0.4, 0.5) is 11.6 Å². The number of anilines is 2. The number of aromatic nitrogens is 4. The van der Waals surface area contributed by atoms with E-state index in [9.17, 15) is 14.7 Å². The summed E-state index contributed by atoms with van der Waals surface area (Å²) in [6, 6.07) is 5.18. The predicted molar refractivity (Wildman–Crippen MR) is 131 cm³/mol. The minimum atomic E-state index is -0.920. The highest BCUT2D eigenvalue weighted by atomic mass is 16.5. The summed E-state index contributed by atoms with van der Waals surface area (Å²) in [4.78, 5) is 37.6. The number of hydrogen-bond donors (Lipinski definition) is 3. The first-order valence-corrected chi connectivity index (χ1v) is 12.0. The first-order chi connectivity index (χ1) is 17.4. The molecule has 0 aliphatic heterocycles. The molecule has 0 unspecified atom stereocenters. The van der Waals surface area contributed by atoms with Crippen molar-refractivity contribution >= 4 is 23.5 Å². The molecular weight excluding hydrogens is 464 g/mol. The lowest BCUT2D eigenvalue weighted by molar-refractivity contribution is -0.147. The van der Waals surface area contributed by atoms with Gasteiger partial charge in [0.1, 0.15) is 5.69 Å². The van der Waals surface area contributed by atoms with Gasteiger partial charge in [0, 0.05) is 24.4 Å². The van der Waals surface area contributed by atoms with Crippen molar-refractivity contribution in [3.8, 4) is 17.3 Å². The quantitative estimate of drug-likeness (QED) is 0.398. The Hall–Kier alpha value is -4.02. The van der Waals surface area contributed by atoms with Gasteiger partial charge in [-0.15, -0.1) is 0 Å². The van der Waals surface area contributed by atoms with Crippen LogP contribution in [-0.2, 0) is 16.1 Å². The van der Waals surface area contributed by atoms with E-state index in [0.717, 1.165) is 18.4 Å². The van der Waals surface area contributed by atoms with Gasteiger partial charge in [-0.05, 0) is 45.7 Å². The van der Waals surface area contributed by atoms with Crippen molar-refractivity contribution in [3.05, 3.63) is 41.3 Å². The molecule has 0 spiro atoms. The van der Waals surface area contributed by atoms with E-state index in [1.54, 1.807) is 31.3 Å². The van der Waals surface area contributed by atoms with Crippen LogP contribution in [0.2, 0.25) is 0 Å². The number of aryl methyl sites for hydroxylation is 2. The van der Waals surface area contributed by atoms with E-state index in [-0.39, 0.29) is 5.91 Å². The van der Waals surface area contributed by atoms with Crippen LogP contribution in [0.3, 0.4) is 0 Å². The average Bonchev–Trinajstić information content (AvgIpc) is 3.24. The first kappa shape index (κ1) is 25.1. The molecule has 3 N–H and O–H groups in total. The molecule has 1 amide bonds. The highest BCUT2D eigenvalue weighted by Gasteiger charge is 2.35. The van der Waals surface area contributed by atoms with Gasteiger partial charge >= 0.3 is 5.97 Å². The van der Waals surface area contributed by atoms with Crippen LogP contribution in [0.15, 0.2) is 28.9 Å². The normalized spacial score (nSPS) is 17.4. The van der Waals surface area contributed by atoms with Gasteiger partial charge in [0.05, 0.1) is 35.5 Å². The molecule has 2 atom stereocenters. The Kier molecular flexibility index (Phi) is 7.77. The summed E-state index contributed by atoms with van der Waals surface area (Å²) in [6.45, 7) is 6.37. The van der Waals surface area contributed by atoms with Gasteiger partial charge in [-0.2, -0.15) is 4.98 Å². The first-order valence-electron chi connectivity index (χ1n) is 12.0. The highest BCUT2D eigenvalue weighted by molar-refractivity contribution is 5.95. The maximum atomic E-state index is 12.9. The van der Waals surface area contributed by atoms with Crippen molar-refractivity contribution in [3.63, 3.8) is 0 Å². The molecule has 1 aliphatic carbocycles. The second-order valence-electron chi connectivity index (χ2n) is 8.74. The Morgan fingerprint density at radius 3 is 2.61 bits per heavy atom. The lowest BCUT2D eigenvalue weighted by Crippen LogP contribution is -2.36. The maximum Gasteiger partial charge on any atom is 0.307 e. The Morgan fingerprint density at radius 2 is 1.89 bits per heavy atom. The number of nitrogens with zero attached hydrogens (tertiary/aromatic N) is 4. The molecule has 4 rings (SSSR count). The van der Waals surface area contributed by atoms with E-state index < -0.39 is 17.8 Å². The van der Waals surface area contributed by atoms with E-state index in [1.165, 1.54) is 0 Å². The van der Waals surface area contributed by atoms with Gasteiger partial charge in [0.25, 0.3) is 0 Å². The second-order valence-corrected chi connectivity index (χ2v) is 8.74. The van der Waals surface area contributed by atoms with Gasteiger partial charge in [-0.25, -0.2) is 9.97 Å². The van der Waals surface area contributed by atoms with Gasteiger partial charge in [-0.1, -0.05) is 18.0 Å². The molecule has 11 nitrogen and oxygen atoms in total. The fourth-order valence-corrected chi connectivity index (χ4v) is 4.41. The Morgan fingerprint density at radius 1 is 1.11 bits per heavy atom. The highest BCUT2D eigenvalue weighted by Crippen LogP contribution is 2.32. The van der Waals surface area contributed by atoms with Crippen molar-refractivity contribution in [2.24, 2.45) is 11.8 Å². The van der Waals surface area contributed by atoms with Gasteiger partial charge in [0.15, 0.2) is 5.76 Å². The molecule has 190 valence electrons. The molecule has 3 aromatic rings. The molecule has 1 saturated carbocycles. The molecule has 1 fully saturated rings. The number of carbonyl (C=O) groups excluding carboxylic acids is 1. The summed E-state index contributed by atoms with van der Waals surface area (Å²) < 4.78 is 11.0. The number of hydrogen-bond acceptors (Lipinski definition) is 9. The topological polar surface area (TPSA) is 152 Å². The molecule has 3 aromatic heterocycles. The van der Waals surface area contributed by atoms with E-state index in [0.29, 0.717) is 66.4 Å². The Balaban J connectivity index is 1.48. The number of carboxylic acid groups (broad SMARTS) is 1. The number of aliphatic carboxylic acids is 1. The van der Waals surface area contributed by atoms with Crippen LogP contribution in [0.1, 0.15) is 49.6 Å². The van der Waals surface area contributed by atoms with Crippen molar-refractivity contribution in [1.82, 2.24) is 20.1 Å². The standard InChI is InChI=1S/C25H30N6O5/c1-4-35-21-11-12-26-25(30-21)27-13-18-14(2)31-36-22(18)20-10-9-19(15(3)28-20)29-23(32)16-7-5-6-8-17(16)24(33)34/h9-12,16-17H,4-8,13H2,1-3H3,(H,29,32)(H,33,34)(H,26,27,30)/t16-,17-/m0/s1. The van der Waals surface area contributed by atoms with E-state index in [2.05, 4.69) is 30.7 Å². The lowest BCUT2D eigenvalue weighted by Gasteiger charge is -2.27. The number of nitrogens with one attached hydrogen (secondary N) is 2. The Labute approximate surface area is 208 Å². The summed E-state index contributed by atoms with van der Waals surface area (Å²) in [5, 5.41) is 19.6. The Bertz CT molecular complexity index is 1240. The van der Waals surface area contributed by atoms with Crippen LogP contribution >= 0.6 is 0 Å². The van der Waals surface area contributed by atoms with Gasteiger partial charge in [-0.3, -0.25) is 9.59 Å². The van der Waals surface area contributed by atoms with Crippen molar-refractivity contribution in [2.75, 3.05) is 17.2 Å². The monoisotopic (exact) mass is 494 g/mol. The average molecular weight is 495 g/mol. The largest absolute Gasteiger partial charge is 0.481 e. The summed E-state index contributed by atoms with van der Waals surface area (Å²) in [5.74, 6) is -1.01. The molecule has 36 heavy (non-hydrogen) atoms. The lowest BCUT2D eigenvalue weighted by atomic mass is 9.78. The van der Waals surface area contributed by atoms with Crippen molar-refractivity contribution in [2.45, 2.75) is 53.0 Å². The maximum absolute atomic E-state index is 12.9. The molecule has 0 radical (unpaired) electrons. The number of pyridine rings is 1. The van der Waals surface area contributed by atoms with E-state index in [4.69, 9.17) is 9.26 Å². The zero-order valence-electron chi connectivity index (χ0n) is 20.6. The molecule has 3 heterocycles. The van der Waals surface area contributed by atoms with Crippen LogP contribution in [0, 0.1) is 25.7 Å². The second kappa shape index (κ2) is 11.1. The minimum Gasteiger partial charge on any atom is -0.481 e. The molecule has 1 aliphatic rings. The van der Waals surface area contributed by atoms with E-state index in [1.807, 2.05) is 13.8 Å². The predicted octanol–water partition coefficient (Wildman–Crippen LogP) is 3.98. The third-order valence-electron chi connectivity index (χ3n) is 6.33. The molecular formula is C25H30N6O5. The SMILES string of the molecule is CCOc1ccnc(NCc2c(C)noc2-c2ccc(NC(=O)[C@H]3CCCC[C@@H]3C(=O)O)c(C)n2)n1. The summed E-state index contributed by atoms with van der Waals surface area (Å²) in [5.41, 5.74) is 3.19. The molecule has 0 bridgehead atoms. The van der Waals surface area contributed by atoms with Gasteiger partial charge in [0.2, 0.25) is 17.7 Å². The summed E-state index contributed by atoms with van der Waals surface area (Å²) in [7, 11) is 0. The van der Waals surface area contributed by atoms with Crippen LogP contribution in [0.5, 0.6) is 5.88 Å². The fourth-order valence-electron chi connectivity index (χ4n) is 4.41. The zero-order chi connectivity index (χ0) is 25.7. The summed E-state index contributed by atoms with van der Waals surface area (Å²) >= 11 is 0. The third-order valence-corrected chi connectivity index (χ3v) is 6.33. The van der Waals surface area contributed by atoms with Gasteiger partial charge < -0.3 is 25.0 Å². The number of rotatable bonds is 9. The third kappa shape index (κ3) is 5.61. The zero-order valence-corrected chi connectivity index (χ0v) is 20.6. The minimum absolute atomic E-state index is 0.283. The van der Waals surface area contributed by atoms with Crippen LogP contribution in [0.25, 0.3) is 11.5 Å². The fraction of sp³-hybridized carbons (Fsp3) is 0.440. The van der Waals surface area contributed by atoms with Crippen molar-refractivity contribution in [1.29, 1.82) is 0 Å². The van der Waals surface area contributed by atoms with Crippen molar-refractivity contribution < 1.29 is 24.0 Å². The van der Waals surface area contributed by atoms with Crippen LogP contribution in [-0.4, -0.2) is 43.7 Å². The number of carbonyl (C=O) groups is 2. The van der Waals surface area contributed by atoms with E-state index >= 15 is 0 Å². The molecule has 11 heteroatoms. The molecule has 0 saturated heterocycles. The number of ether oxygens (including phenoxy) is 1. The number of amides is 1. The molecule has 0 aromatic carbocycles. The van der Waals surface area contributed by atoms with Crippen LogP contribution < -0.4 is 15.4 Å². The number of carboxylic acids is 1. The smallest absolute Gasteiger partial charge is 0.307 e.